The average Bonchev–Trinajstić information content (AvgIpc) is 2.38. The molecule has 0 atom stereocenters. The number of nitrogens with zero attached hydrogens (tertiary/aromatic N) is 2. The topological polar surface area (TPSA) is 56.1 Å². The van der Waals surface area contributed by atoms with Gasteiger partial charge < -0.3 is 14.6 Å². The molecule has 18 heavy (non-hydrogen) atoms. The van der Waals surface area contributed by atoms with Crippen LogP contribution in [0.25, 0.3) is 0 Å². The summed E-state index contributed by atoms with van der Waals surface area (Å²) < 4.78 is 7.01. The first-order valence-electron chi connectivity index (χ1n) is 6.57. The zero-order chi connectivity index (χ0) is 13.0. The molecule has 1 aromatic heterocycles. The van der Waals surface area contributed by atoms with Crippen LogP contribution in [0, 0.1) is 5.92 Å². The Kier molecular flexibility index (Phi) is 4.36. The molecule has 0 bridgehead atoms. The number of hydrogen-bond donors (Lipinski definition) is 1. The summed E-state index contributed by atoms with van der Waals surface area (Å²) in [5, 5.41) is 3.18. The lowest BCUT2D eigenvalue weighted by atomic mass is 10.0. The first-order valence-corrected chi connectivity index (χ1v) is 6.57. The molecule has 0 spiro atoms. The molecule has 1 aliphatic rings. The van der Waals surface area contributed by atoms with Crippen molar-refractivity contribution in [1.29, 1.82) is 0 Å². The van der Waals surface area contributed by atoms with Crippen LogP contribution in [0.5, 0.6) is 0 Å². The van der Waals surface area contributed by atoms with E-state index in [2.05, 4.69) is 10.3 Å². The van der Waals surface area contributed by atoms with Gasteiger partial charge in [0.15, 0.2) is 5.82 Å². The van der Waals surface area contributed by atoms with Crippen molar-refractivity contribution >= 4 is 5.82 Å². The lowest BCUT2D eigenvalue weighted by molar-refractivity contribution is 0.0699. The van der Waals surface area contributed by atoms with Crippen molar-refractivity contribution in [2.24, 2.45) is 5.92 Å². The van der Waals surface area contributed by atoms with Gasteiger partial charge >= 0.3 is 0 Å². The van der Waals surface area contributed by atoms with Crippen LogP contribution in [0.1, 0.15) is 32.7 Å². The molecule has 5 heteroatoms. The Balaban J connectivity index is 2.00. The van der Waals surface area contributed by atoms with E-state index >= 15 is 0 Å². The van der Waals surface area contributed by atoms with Gasteiger partial charge in [-0.25, -0.2) is 4.98 Å². The van der Waals surface area contributed by atoms with Crippen LogP contribution in [0.15, 0.2) is 17.2 Å². The summed E-state index contributed by atoms with van der Waals surface area (Å²) in [7, 11) is 0. The van der Waals surface area contributed by atoms with Crippen LogP contribution in [-0.4, -0.2) is 29.3 Å². The zero-order valence-corrected chi connectivity index (χ0v) is 11.1. The molecule has 0 unspecified atom stereocenters. The predicted octanol–water partition coefficient (Wildman–Crippen LogP) is 1.66. The molecule has 1 saturated heterocycles. The standard InChI is InChI=1S/C13H21N3O2/c1-10(2)16-6-5-14-12(13(16)17)15-9-11-3-7-18-8-4-11/h5-6,10-11H,3-4,7-9H2,1-2H3,(H,14,15). The third-order valence-electron chi connectivity index (χ3n) is 3.32. The summed E-state index contributed by atoms with van der Waals surface area (Å²) in [6.45, 7) is 6.43. The first kappa shape index (κ1) is 13.1. The number of nitrogens with one attached hydrogen (secondary N) is 1. The lowest BCUT2D eigenvalue weighted by Crippen LogP contribution is -2.29. The van der Waals surface area contributed by atoms with Gasteiger partial charge in [0.2, 0.25) is 0 Å². The smallest absolute Gasteiger partial charge is 0.293 e. The highest BCUT2D eigenvalue weighted by molar-refractivity contribution is 5.30. The average molecular weight is 251 g/mol. The second-order valence-corrected chi connectivity index (χ2v) is 5.02. The van der Waals surface area contributed by atoms with Crippen LogP contribution in [0.4, 0.5) is 5.82 Å². The lowest BCUT2D eigenvalue weighted by Gasteiger charge is -2.22. The molecule has 1 aliphatic heterocycles. The highest BCUT2D eigenvalue weighted by Gasteiger charge is 2.14. The van der Waals surface area contributed by atoms with Gasteiger partial charge in [0, 0.05) is 38.2 Å². The van der Waals surface area contributed by atoms with Crippen LogP contribution in [0.2, 0.25) is 0 Å². The van der Waals surface area contributed by atoms with E-state index in [1.807, 2.05) is 13.8 Å². The van der Waals surface area contributed by atoms with Crippen molar-refractivity contribution in [3.05, 3.63) is 22.7 Å². The summed E-state index contributed by atoms with van der Waals surface area (Å²) in [4.78, 5) is 16.2. The maximum Gasteiger partial charge on any atom is 0.293 e. The number of hydrogen-bond acceptors (Lipinski definition) is 4. The summed E-state index contributed by atoms with van der Waals surface area (Å²) in [5.41, 5.74) is -0.0421. The second-order valence-electron chi connectivity index (χ2n) is 5.02. The maximum absolute atomic E-state index is 12.1. The zero-order valence-electron chi connectivity index (χ0n) is 11.1. The van der Waals surface area contributed by atoms with Crippen molar-refractivity contribution in [3.8, 4) is 0 Å². The molecule has 2 rings (SSSR count). The third-order valence-corrected chi connectivity index (χ3v) is 3.32. The van der Waals surface area contributed by atoms with Gasteiger partial charge in [-0.2, -0.15) is 0 Å². The maximum atomic E-state index is 12.1. The molecule has 0 aromatic carbocycles. The Morgan fingerprint density at radius 2 is 2.22 bits per heavy atom. The monoisotopic (exact) mass is 251 g/mol. The second kappa shape index (κ2) is 6.00. The molecule has 0 saturated carbocycles. The summed E-state index contributed by atoms with van der Waals surface area (Å²) in [5.74, 6) is 1.03. The molecule has 2 heterocycles. The molecule has 1 fully saturated rings. The fourth-order valence-electron chi connectivity index (χ4n) is 2.14. The largest absolute Gasteiger partial charge is 0.381 e. The van der Waals surface area contributed by atoms with Gasteiger partial charge in [-0.1, -0.05) is 0 Å². The minimum Gasteiger partial charge on any atom is -0.381 e. The normalized spacial score (nSPS) is 17.1. The highest BCUT2D eigenvalue weighted by Crippen LogP contribution is 2.14. The van der Waals surface area contributed by atoms with Crippen molar-refractivity contribution < 1.29 is 4.74 Å². The first-order chi connectivity index (χ1) is 8.68. The van der Waals surface area contributed by atoms with Crippen LogP contribution >= 0.6 is 0 Å². The van der Waals surface area contributed by atoms with E-state index in [0.717, 1.165) is 32.6 Å². The highest BCUT2D eigenvalue weighted by atomic mass is 16.5. The Hall–Kier alpha value is -1.36. The molecule has 100 valence electrons. The van der Waals surface area contributed by atoms with E-state index in [9.17, 15) is 4.79 Å². The van der Waals surface area contributed by atoms with E-state index in [1.165, 1.54) is 0 Å². The molecule has 0 radical (unpaired) electrons. The van der Waals surface area contributed by atoms with Crippen molar-refractivity contribution in [3.63, 3.8) is 0 Å². The van der Waals surface area contributed by atoms with Crippen LogP contribution in [-0.2, 0) is 4.74 Å². The van der Waals surface area contributed by atoms with Gasteiger partial charge in [-0.3, -0.25) is 4.79 Å². The van der Waals surface area contributed by atoms with E-state index < -0.39 is 0 Å². The number of anilines is 1. The van der Waals surface area contributed by atoms with E-state index in [0.29, 0.717) is 11.7 Å². The van der Waals surface area contributed by atoms with Gasteiger partial charge in [-0.05, 0) is 32.6 Å². The van der Waals surface area contributed by atoms with Crippen LogP contribution < -0.4 is 10.9 Å². The SMILES string of the molecule is CC(C)n1ccnc(NCC2CCOCC2)c1=O. The quantitative estimate of drug-likeness (QED) is 0.884. The molecule has 1 aromatic rings. The summed E-state index contributed by atoms with van der Waals surface area (Å²) >= 11 is 0. The minimum absolute atomic E-state index is 0.0421. The van der Waals surface area contributed by atoms with E-state index in [1.54, 1.807) is 17.0 Å². The molecule has 0 aliphatic carbocycles. The number of ether oxygens (including phenoxy) is 1. The fourth-order valence-corrected chi connectivity index (χ4v) is 2.14. The molecule has 5 nitrogen and oxygen atoms in total. The predicted molar refractivity (Wildman–Crippen MR) is 70.9 cm³/mol. The van der Waals surface area contributed by atoms with Crippen molar-refractivity contribution in [2.75, 3.05) is 25.1 Å². The van der Waals surface area contributed by atoms with Crippen molar-refractivity contribution in [1.82, 2.24) is 9.55 Å². The molecular weight excluding hydrogens is 230 g/mol. The molecule has 0 amide bonds. The Morgan fingerprint density at radius 3 is 2.89 bits per heavy atom. The minimum atomic E-state index is -0.0421. The Labute approximate surface area is 107 Å². The van der Waals surface area contributed by atoms with E-state index in [4.69, 9.17) is 4.74 Å². The van der Waals surface area contributed by atoms with Gasteiger partial charge in [0.05, 0.1) is 0 Å². The summed E-state index contributed by atoms with van der Waals surface area (Å²) in [6, 6.07) is 0.157. The van der Waals surface area contributed by atoms with Gasteiger partial charge in [-0.15, -0.1) is 0 Å². The number of rotatable bonds is 4. The fraction of sp³-hybridized carbons (Fsp3) is 0.692. The molecule has 1 N–H and O–H groups in total. The van der Waals surface area contributed by atoms with Crippen molar-refractivity contribution in [2.45, 2.75) is 32.7 Å². The van der Waals surface area contributed by atoms with E-state index in [-0.39, 0.29) is 11.6 Å². The Bertz CT molecular complexity index is 436. The van der Waals surface area contributed by atoms with Crippen LogP contribution in [0.3, 0.4) is 0 Å². The molecular formula is C13H21N3O2. The number of aromatic nitrogens is 2. The van der Waals surface area contributed by atoms with Gasteiger partial charge in [0.25, 0.3) is 5.56 Å². The third kappa shape index (κ3) is 3.10. The summed E-state index contributed by atoms with van der Waals surface area (Å²) in [6.07, 6.45) is 5.51. The van der Waals surface area contributed by atoms with Gasteiger partial charge in [0.1, 0.15) is 0 Å². The Morgan fingerprint density at radius 1 is 1.50 bits per heavy atom.